The minimum Gasteiger partial charge on any atom is -0.497 e. The third-order valence-corrected chi connectivity index (χ3v) is 2.87. The van der Waals surface area contributed by atoms with E-state index in [2.05, 4.69) is 15.6 Å². The van der Waals surface area contributed by atoms with E-state index in [-0.39, 0.29) is 19.1 Å². The molecular weight excluding hydrogens is 260 g/mol. The molecule has 2 aromatic rings. The van der Waals surface area contributed by atoms with Crippen molar-refractivity contribution < 1.29 is 14.6 Å². The molecule has 7 nitrogen and oxygen atoms in total. The summed E-state index contributed by atoms with van der Waals surface area (Å²) in [5.74, 6) is 0.489. The van der Waals surface area contributed by atoms with Gasteiger partial charge < -0.3 is 15.2 Å². The van der Waals surface area contributed by atoms with Crippen molar-refractivity contribution in [1.29, 1.82) is 0 Å². The SMILES string of the molecule is CNC(=O)Cn1nnc(CO)c1-c1cccc(OC)c1. The Labute approximate surface area is 116 Å². The molecule has 106 valence electrons. The normalized spacial score (nSPS) is 10.3. The van der Waals surface area contributed by atoms with E-state index in [1.807, 2.05) is 18.2 Å². The summed E-state index contributed by atoms with van der Waals surface area (Å²) in [7, 11) is 3.13. The first kappa shape index (κ1) is 14.0. The van der Waals surface area contributed by atoms with Crippen molar-refractivity contribution >= 4 is 5.91 Å². The van der Waals surface area contributed by atoms with Gasteiger partial charge in [-0.05, 0) is 12.1 Å². The summed E-state index contributed by atoms with van der Waals surface area (Å²) in [6, 6.07) is 7.29. The van der Waals surface area contributed by atoms with Gasteiger partial charge in [-0.25, -0.2) is 4.68 Å². The predicted octanol–water partition coefficient (Wildman–Crippen LogP) is 0.192. The number of hydrogen-bond acceptors (Lipinski definition) is 5. The highest BCUT2D eigenvalue weighted by atomic mass is 16.5. The Hall–Kier alpha value is -2.41. The maximum Gasteiger partial charge on any atom is 0.241 e. The van der Waals surface area contributed by atoms with Gasteiger partial charge in [-0.3, -0.25) is 4.79 Å². The summed E-state index contributed by atoms with van der Waals surface area (Å²) >= 11 is 0. The number of aromatic nitrogens is 3. The number of carbonyl (C=O) groups excluding carboxylic acids is 1. The number of amides is 1. The van der Waals surface area contributed by atoms with Crippen molar-refractivity contribution in [2.24, 2.45) is 0 Å². The Kier molecular flexibility index (Phi) is 4.31. The molecule has 0 saturated heterocycles. The number of aliphatic hydroxyl groups is 1. The third kappa shape index (κ3) is 2.77. The molecule has 0 atom stereocenters. The number of methoxy groups -OCH3 is 1. The first-order valence-corrected chi connectivity index (χ1v) is 6.07. The lowest BCUT2D eigenvalue weighted by Gasteiger charge is -2.08. The second-order valence-corrected chi connectivity index (χ2v) is 4.11. The summed E-state index contributed by atoms with van der Waals surface area (Å²) in [5, 5.41) is 19.7. The zero-order valence-electron chi connectivity index (χ0n) is 11.3. The summed E-state index contributed by atoms with van der Waals surface area (Å²) in [6.45, 7) is -0.212. The molecule has 1 amide bonds. The lowest BCUT2D eigenvalue weighted by molar-refractivity contribution is -0.121. The number of carbonyl (C=O) groups is 1. The molecule has 2 N–H and O–H groups in total. The van der Waals surface area contributed by atoms with Crippen LogP contribution in [0.15, 0.2) is 24.3 Å². The van der Waals surface area contributed by atoms with Crippen molar-refractivity contribution in [2.75, 3.05) is 14.2 Å². The summed E-state index contributed by atoms with van der Waals surface area (Å²) in [6.07, 6.45) is 0. The molecule has 1 heterocycles. The van der Waals surface area contributed by atoms with Crippen molar-refractivity contribution in [1.82, 2.24) is 20.3 Å². The van der Waals surface area contributed by atoms with Gasteiger partial charge in [0, 0.05) is 12.6 Å². The van der Waals surface area contributed by atoms with Crippen LogP contribution >= 0.6 is 0 Å². The van der Waals surface area contributed by atoms with E-state index >= 15 is 0 Å². The molecule has 0 spiro atoms. The number of aliphatic hydroxyl groups excluding tert-OH is 1. The Morgan fingerprint density at radius 2 is 2.30 bits per heavy atom. The van der Waals surface area contributed by atoms with E-state index in [9.17, 15) is 9.90 Å². The first-order valence-electron chi connectivity index (χ1n) is 6.07. The second-order valence-electron chi connectivity index (χ2n) is 4.11. The molecule has 0 aliphatic rings. The Balaban J connectivity index is 2.46. The van der Waals surface area contributed by atoms with E-state index in [0.29, 0.717) is 17.1 Å². The first-order chi connectivity index (χ1) is 9.69. The Morgan fingerprint density at radius 3 is 2.95 bits per heavy atom. The number of ether oxygens (including phenoxy) is 1. The monoisotopic (exact) mass is 276 g/mol. The zero-order valence-corrected chi connectivity index (χ0v) is 11.3. The van der Waals surface area contributed by atoms with Crippen LogP contribution in [0.3, 0.4) is 0 Å². The summed E-state index contributed by atoms with van der Waals surface area (Å²) < 4.78 is 6.63. The van der Waals surface area contributed by atoms with Crippen molar-refractivity contribution in [3.63, 3.8) is 0 Å². The van der Waals surface area contributed by atoms with Gasteiger partial charge in [-0.1, -0.05) is 17.3 Å². The van der Waals surface area contributed by atoms with Crippen LogP contribution in [-0.2, 0) is 17.9 Å². The highest BCUT2D eigenvalue weighted by Gasteiger charge is 2.16. The quantitative estimate of drug-likeness (QED) is 0.814. The van der Waals surface area contributed by atoms with Crippen LogP contribution in [0.1, 0.15) is 5.69 Å². The van der Waals surface area contributed by atoms with Crippen molar-refractivity contribution in [3.05, 3.63) is 30.0 Å². The smallest absolute Gasteiger partial charge is 0.241 e. The fourth-order valence-corrected chi connectivity index (χ4v) is 1.87. The highest BCUT2D eigenvalue weighted by molar-refractivity contribution is 5.76. The average molecular weight is 276 g/mol. The number of benzene rings is 1. The molecule has 0 saturated carbocycles. The van der Waals surface area contributed by atoms with Crippen molar-refractivity contribution in [3.8, 4) is 17.0 Å². The van der Waals surface area contributed by atoms with Crippen molar-refractivity contribution in [2.45, 2.75) is 13.2 Å². The van der Waals surface area contributed by atoms with Gasteiger partial charge in [0.05, 0.1) is 19.4 Å². The number of rotatable bonds is 5. The standard InChI is InChI=1S/C13H16N4O3/c1-14-12(19)7-17-13(11(8-18)15-16-17)9-4-3-5-10(6-9)20-2/h3-6,18H,7-8H2,1-2H3,(H,14,19). The van der Waals surface area contributed by atoms with Crippen LogP contribution in [0.5, 0.6) is 5.75 Å². The highest BCUT2D eigenvalue weighted by Crippen LogP contribution is 2.26. The fourth-order valence-electron chi connectivity index (χ4n) is 1.87. The Bertz CT molecular complexity index is 609. The summed E-state index contributed by atoms with van der Waals surface area (Å²) in [5.41, 5.74) is 1.81. The lowest BCUT2D eigenvalue weighted by atomic mass is 10.1. The molecule has 20 heavy (non-hydrogen) atoms. The minimum atomic E-state index is -0.250. The molecule has 1 aromatic carbocycles. The van der Waals surface area contributed by atoms with E-state index < -0.39 is 0 Å². The molecule has 7 heteroatoms. The van der Waals surface area contributed by atoms with Gasteiger partial charge in [0.25, 0.3) is 0 Å². The van der Waals surface area contributed by atoms with Crippen LogP contribution in [0.2, 0.25) is 0 Å². The van der Waals surface area contributed by atoms with Crippen LogP contribution in [-0.4, -0.2) is 40.2 Å². The molecule has 1 aromatic heterocycles. The topological polar surface area (TPSA) is 89.3 Å². The maximum absolute atomic E-state index is 11.5. The Morgan fingerprint density at radius 1 is 1.50 bits per heavy atom. The molecule has 0 fully saturated rings. The van der Waals surface area contributed by atoms with Gasteiger partial charge in [0.1, 0.15) is 18.0 Å². The number of nitrogens with one attached hydrogen (secondary N) is 1. The van der Waals surface area contributed by atoms with Gasteiger partial charge >= 0.3 is 0 Å². The minimum absolute atomic E-state index is 0.0377. The molecule has 0 unspecified atom stereocenters. The van der Waals surface area contributed by atoms with Gasteiger partial charge in [-0.15, -0.1) is 5.10 Å². The second kappa shape index (κ2) is 6.16. The number of nitrogens with zero attached hydrogens (tertiary/aromatic N) is 3. The van der Waals surface area contributed by atoms with Crippen LogP contribution in [0, 0.1) is 0 Å². The largest absolute Gasteiger partial charge is 0.497 e. The van der Waals surface area contributed by atoms with Gasteiger partial charge in [0.15, 0.2) is 0 Å². The third-order valence-electron chi connectivity index (χ3n) is 2.87. The van der Waals surface area contributed by atoms with E-state index in [0.717, 1.165) is 5.56 Å². The molecular formula is C13H16N4O3. The average Bonchev–Trinajstić information content (AvgIpc) is 2.89. The zero-order chi connectivity index (χ0) is 14.5. The van der Waals surface area contributed by atoms with Crippen LogP contribution < -0.4 is 10.1 Å². The van der Waals surface area contributed by atoms with E-state index in [4.69, 9.17) is 4.74 Å². The van der Waals surface area contributed by atoms with Gasteiger partial charge in [0.2, 0.25) is 5.91 Å². The maximum atomic E-state index is 11.5. The molecule has 0 bridgehead atoms. The molecule has 0 aliphatic heterocycles. The molecule has 2 rings (SSSR count). The van der Waals surface area contributed by atoms with Crippen LogP contribution in [0.4, 0.5) is 0 Å². The molecule has 0 aliphatic carbocycles. The number of likely N-dealkylation sites (N-methyl/N-ethyl adjacent to an activating group) is 1. The van der Waals surface area contributed by atoms with E-state index in [1.54, 1.807) is 20.2 Å². The fraction of sp³-hybridized carbons (Fsp3) is 0.308. The molecule has 0 radical (unpaired) electrons. The lowest BCUT2D eigenvalue weighted by Crippen LogP contribution is -2.24. The predicted molar refractivity (Wildman–Crippen MR) is 72.0 cm³/mol. The van der Waals surface area contributed by atoms with Gasteiger partial charge in [-0.2, -0.15) is 0 Å². The summed E-state index contributed by atoms with van der Waals surface area (Å²) in [4.78, 5) is 11.5. The number of hydrogen-bond donors (Lipinski definition) is 2. The van der Waals surface area contributed by atoms with Crippen LogP contribution in [0.25, 0.3) is 11.3 Å². The van der Waals surface area contributed by atoms with E-state index in [1.165, 1.54) is 4.68 Å².